The molecule has 6 nitrogen and oxygen atoms in total. The minimum atomic E-state index is -0.471. The van der Waals surface area contributed by atoms with Crippen molar-refractivity contribution in [2.75, 3.05) is 19.0 Å². The first-order chi connectivity index (χ1) is 8.70. The van der Waals surface area contributed by atoms with Gasteiger partial charge >= 0.3 is 5.97 Å². The number of hydrogen-bond donors (Lipinski definition) is 2. The highest BCUT2D eigenvalue weighted by Gasteiger charge is 2.21. The number of rotatable bonds is 3. The van der Waals surface area contributed by atoms with Crippen molar-refractivity contribution in [3.63, 3.8) is 0 Å². The van der Waals surface area contributed by atoms with Crippen LogP contribution in [0.25, 0.3) is 0 Å². The second-order valence-electron chi connectivity index (χ2n) is 4.42. The van der Waals surface area contributed by atoms with Gasteiger partial charge in [-0.25, -0.2) is 9.78 Å². The van der Waals surface area contributed by atoms with Gasteiger partial charge in [0.1, 0.15) is 5.82 Å². The molecule has 1 fully saturated rings. The van der Waals surface area contributed by atoms with Crippen molar-refractivity contribution >= 4 is 11.8 Å². The van der Waals surface area contributed by atoms with E-state index in [0.717, 1.165) is 19.4 Å². The molecular formula is C12H18N4O2. The SMILES string of the molecule is COC(=O)c1cncc(NC2CCCNC2C)n1. The van der Waals surface area contributed by atoms with Gasteiger partial charge in [-0.05, 0) is 26.3 Å². The number of methoxy groups -OCH3 is 1. The third-order valence-corrected chi connectivity index (χ3v) is 3.12. The van der Waals surface area contributed by atoms with E-state index in [9.17, 15) is 4.79 Å². The van der Waals surface area contributed by atoms with Crippen molar-refractivity contribution in [3.8, 4) is 0 Å². The van der Waals surface area contributed by atoms with Gasteiger partial charge in [0.15, 0.2) is 5.69 Å². The zero-order chi connectivity index (χ0) is 13.0. The monoisotopic (exact) mass is 250 g/mol. The van der Waals surface area contributed by atoms with Crippen molar-refractivity contribution in [2.24, 2.45) is 0 Å². The molecule has 2 heterocycles. The summed E-state index contributed by atoms with van der Waals surface area (Å²) in [6.45, 7) is 3.18. The number of carbonyl (C=O) groups is 1. The minimum absolute atomic E-state index is 0.221. The van der Waals surface area contributed by atoms with Crippen LogP contribution in [0, 0.1) is 0 Å². The van der Waals surface area contributed by atoms with Gasteiger partial charge in [-0.1, -0.05) is 0 Å². The van der Waals surface area contributed by atoms with Crippen LogP contribution in [0.5, 0.6) is 0 Å². The van der Waals surface area contributed by atoms with E-state index < -0.39 is 5.97 Å². The molecule has 2 rings (SSSR count). The molecule has 1 aliphatic heterocycles. The molecule has 0 saturated carbocycles. The second kappa shape index (κ2) is 5.77. The maximum atomic E-state index is 11.4. The molecule has 0 aliphatic carbocycles. The van der Waals surface area contributed by atoms with Crippen molar-refractivity contribution < 1.29 is 9.53 Å². The lowest BCUT2D eigenvalue weighted by atomic mass is 10.00. The summed E-state index contributed by atoms with van der Waals surface area (Å²) in [7, 11) is 1.33. The Labute approximate surface area is 106 Å². The molecule has 1 aromatic rings. The van der Waals surface area contributed by atoms with Gasteiger partial charge in [-0.3, -0.25) is 4.98 Å². The van der Waals surface area contributed by atoms with Crippen LogP contribution in [0.3, 0.4) is 0 Å². The molecular weight excluding hydrogens is 232 g/mol. The largest absolute Gasteiger partial charge is 0.464 e. The molecule has 0 aromatic carbocycles. The normalized spacial score (nSPS) is 23.4. The maximum Gasteiger partial charge on any atom is 0.358 e. The minimum Gasteiger partial charge on any atom is -0.464 e. The summed E-state index contributed by atoms with van der Waals surface area (Å²) in [4.78, 5) is 19.6. The maximum absolute atomic E-state index is 11.4. The Morgan fingerprint density at radius 2 is 2.39 bits per heavy atom. The molecule has 0 amide bonds. The van der Waals surface area contributed by atoms with Crippen LogP contribution in [-0.4, -0.2) is 41.7 Å². The zero-order valence-corrected chi connectivity index (χ0v) is 10.6. The highest BCUT2D eigenvalue weighted by Crippen LogP contribution is 2.14. The first-order valence-corrected chi connectivity index (χ1v) is 6.11. The molecule has 1 aliphatic rings. The molecule has 2 atom stereocenters. The van der Waals surface area contributed by atoms with E-state index in [1.165, 1.54) is 13.3 Å². The van der Waals surface area contributed by atoms with Crippen LogP contribution < -0.4 is 10.6 Å². The van der Waals surface area contributed by atoms with Crippen LogP contribution in [0.2, 0.25) is 0 Å². The fourth-order valence-corrected chi connectivity index (χ4v) is 2.07. The summed E-state index contributed by atoms with van der Waals surface area (Å²) in [5.74, 6) is 0.138. The first-order valence-electron chi connectivity index (χ1n) is 6.11. The Morgan fingerprint density at radius 1 is 1.56 bits per heavy atom. The van der Waals surface area contributed by atoms with Gasteiger partial charge in [0.05, 0.1) is 19.5 Å². The van der Waals surface area contributed by atoms with E-state index in [1.54, 1.807) is 6.20 Å². The quantitative estimate of drug-likeness (QED) is 0.773. The first kappa shape index (κ1) is 12.8. The molecule has 0 radical (unpaired) electrons. The van der Waals surface area contributed by atoms with E-state index >= 15 is 0 Å². The van der Waals surface area contributed by atoms with E-state index in [2.05, 4.69) is 32.3 Å². The van der Waals surface area contributed by atoms with E-state index in [4.69, 9.17) is 0 Å². The predicted octanol–water partition coefficient (Wildman–Crippen LogP) is 0.816. The van der Waals surface area contributed by atoms with Crippen LogP contribution in [0.4, 0.5) is 5.82 Å². The topological polar surface area (TPSA) is 76.1 Å². The molecule has 1 saturated heterocycles. The highest BCUT2D eigenvalue weighted by atomic mass is 16.5. The average molecular weight is 250 g/mol. The Kier molecular flexibility index (Phi) is 4.09. The summed E-state index contributed by atoms with van der Waals surface area (Å²) in [5, 5.41) is 6.70. The van der Waals surface area contributed by atoms with Gasteiger partial charge < -0.3 is 15.4 Å². The molecule has 0 bridgehead atoms. The molecule has 1 aromatic heterocycles. The molecule has 18 heavy (non-hydrogen) atoms. The summed E-state index contributed by atoms with van der Waals surface area (Å²) < 4.78 is 4.62. The Hall–Kier alpha value is -1.69. The fraction of sp³-hybridized carbons (Fsp3) is 0.583. The Bertz CT molecular complexity index is 424. The lowest BCUT2D eigenvalue weighted by Gasteiger charge is -2.30. The third kappa shape index (κ3) is 2.95. The summed E-state index contributed by atoms with van der Waals surface area (Å²) in [6.07, 6.45) is 5.23. The summed E-state index contributed by atoms with van der Waals surface area (Å²) >= 11 is 0. The Morgan fingerprint density at radius 3 is 3.11 bits per heavy atom. The summed E-state index contributed by atoms with van der Waals surface area (Å²) in [5.41, 5.74) is 0.221. The van der Waals surface area contributed by atoms with Gasteiger partial charge in [0.2, 0.25) is 0 Å². The zero-order valence-electron chi connectivity index (χ0n) is 10.6. The second-order valence-corrected chi connectivity index (χ2v) is 4.42. The Balaban J connectivity index is 2.06. The van der Waals surface area contributed by atoms with Crippen molar-refractivity contribution in [3.05, 3.63) is 18.1 Å². The van der Waals surface area contributed by atoms with E-state index in [1.807, 2.05) is 0 Å². The number of esters is 1. The molecule has 2 unspecified atom stereocenters. The number of anilines is 1. The van der Waals surface area contributed by atoms with Gasteiger partial charge in [-0.15, -0.1) is 0 Å². The predicted molar refractivity (Wildman–Crippen MR) is 67.5 cm³/mol. The van der Waals surface area contributed by atoms with Gasteiger partial charge in [-0.2, -0.15) is 0 Å². The van der Waals surface area contributed by atoms with Crippen molar-refractivity contribution in [2.45, 2.75) is 31.8 Å². The molecule has 98 valence electrons. The van der Waals surface area contributed by atoms with Crippen LogP contribution in [0.15, 0.2) is 12.4 Å². The molecule has 6 heteroatoms. The average Bonchev–Trinajstić information content (AvgIpc) is 2.41. The number of nitrogens with zero attached hydrogens (tertiary/aromatic N) is 2. The lowest BCUT2D eigenvalue weighted by Crippen LogP contribution is -2.46. The number of ether oxygens (including phenoxy) is 1. The van der Waals surface area contributed by atoms with Crippen molar-refractivity contribution in [1.29, 1.82) is 0 Å². The lowest BCUT2D eigenvalue weighted by molar-refractivity contribution is 0.0593. The summed E-state index contributed by atoms with van der Waals surface area (Å²) in [6, 6.07) is 0.684. The number of piperidine rings is 1. The standard InChI is InChI=1S/C12H18N4O2/c1-8-9(4-3-5-14-8)15-11-7-13-6-10(16-11)12(17)18-2/h6-9,14H,3-5H2,1-2H3,(H,15,16). The highest BCUT2D eigenvalue weighted by molar-refractivity contribution is 5.87. The van der Waals surface area contributed by atoms with Gasteiger partial charge in [0.25, 0.3) is 0 Å². The van der Waals surface area contributed by atoms with Crippen LogP contribution in [0.1, 0.15) is 30.3 Å². The number of hydrogen-bond acceptors (Lipinski definition) is 6. The number of carbonyl (C=O) groups excluding carboxylic acids is 1. The molecule has 2 N–H and O–H groups in total. The van der Waals surface area contributed by atoms with E-state index in [0.29, 0.717) is 17.9 Å². The van der Waals surface area contributed by atoms with Crippen molar-refractivity contribution in [1.82, 2.24) is 15.3 Å². The number of nitrogens with one attached hydrogen (secondary N) is 2. The third-order valence-electron chi connectivity index (χ3n) is 3.12. The van der Waals surface area contributed by atoms with Crippen LogP contribution >= 0.6 is 0 Å². The van der Waals surface area contributed by atoms with Crippen LogP contribution in [-0.2, 0) is 4.74 Å². The molecule has 0 spiro atoms. The van der Waals surface area contributed by atoms with E-state index in [-0.39, 0.29) is 5.69 Å². The fourth-order valence-electron chi connectivity index (χ4n) is 2.07. The smallest absolute Gasteiger partial charge is 0.358 e. The number of aromatic nitrogens is 2. The van der Waals surface area contributed by atoms with Gasteiger partial charge in [0, 0.05) is 12.1 Å².